The average Bonchev–Trinajstić information content (AvgIpc) is 3.42. The van der Waals surface area contributed by atoms with Gasteiger partial charge in [-0.05, 0) is 49.4 Å². The van der Waals surface area contributed by atoms with Crippen LogP contribution in [0.5, 0.6) is 17.2 Å². The van der Waals surface area contributed by atoms with Gasteiger partial charge in [0.1, 0.15) is 5.75 Å². The number of carbonyl (C=O) groups excluding carboxylic acids is 1. The Kier molecular flexibility index (Phi) is 6.63. The third-order valence-corrected chi connectivity index (χ3v) is 6.09. The molecule has 0 bridgehead atoms. The summed E-state index contributed by atoms with van der Waals surface area (Å²) < 4.78 is 22.0. The Morgan fingerprint density at radius 3 is 2.58 bits per heavy atom. The van der Waals surface area contributed by atoms with Crippen molar-refractivity contribution in [2.45, 2.75) is 18.9 Å². The molecule has 2 heterocycles. The van der Waals surface area contributed by atoms with Crippen molar-refractivity contribution < 1.29 is 23.7 Å². The van der Waals surface area contributed by atoms with E-state index < -0.39 is 0 Å². The van der Waals surface area contributed by atoms with Gasteiger partial charge in [-0.15, -0.1) is 0 Å². The van der Waals surface area contributed by atoms with Gasteiger partial charge in [0.2, 0.25) is 6.79 Å². The van der Waals surface area contributed by atoms with Crippen LogP contribution in [0.25, 0.3) is 0 Å². The molecule has 166 valence electrons. The second kappa shape index (κ2) is 9.58. The van der Waals surface area contributed by atoms with E-state index in [0.717, 1.165) is 48.0 Å². The predicted octanol–water partition coefficient (Wildman–Crippen LogP) is 2.96. The van der Waals surface area contributed by atoms with E-state index in [4.69, 9.17) is 18.9 Å². The van der Waals surface area contributed by atoms with E-state index in [1.807, 2.05) is 56.4 Å². The van der Waals surface area contributed by atoms with Crippen molar-refractivity contribution in [2.75, 3.05) is 47.2 Å². The summed E-state index contributed by atoms with van der Waals surface area (Å²) in [7, 11) is 3.59. The largest absolute Gasteiger partial charge is 0.497 e. The van der Waals surface area contributed by atoms with Crippen molar-refractivity contribution in [2.24, 2.45) is 5.92 Å². The molecule has 7 nitrogen and oxygen atoms in total. The number of esters is 1. The minimum Gasteiger partial charge on any atom is -0.497 e. The molecule has 2 aliphatic heterocycles. The molecule has 2 aromatic rings. The van der Waals surface area contributed by atoms with E-state index in [-0.39, 0.29) is 30.6 Å². The highest BCUT2D eigenvalue weighted by molar-refractivity contribution is 5.76. The van der Waals surface area contributed by atoms with E-state index in [1.54, 1.807) is 7.11 Å². The molecule has 31 heavy (non-hydrogen) atoms. The van der Waals surface area contributed by atoms with Crippen LogP contribution in [0.1, 0.15) is 30.0 Å². The topological polar surface area (TPSA) is 69.3 Å². The summed E-state index contributed by atoms with van der Waals surface area (Å²) in [6, 6.07) is 13.9. The molecule has 1 N–H and O–H groups in total. The Balaban J connectivity index is 1.73. The third kappa shape index (κ3) is 4.34. The summed E-state index contributed by atoms with van der Waals surface area (Å²) in [5.41, 5.74) is 2.14. The van der Waals surface area contributed by atoms with Gasteiger partial charge in [-0.25, -0.2) is 0 Å². The number of rotatable bonds is 8. The number of likely N-dealkylation sites (N-methyl/N-ethyl adjacent to an activating group) is 1. The number of fused-ring (bicyclic) bond motifs is 1. The maximum Gasteiger partial charge on any atom is 0.311 e. The van der Waals surface area contributed by atoms with Crippen LogP contribution in [0.3, 0.4) is 0 Å². The average molecular weight is 427 g/mol. The van der Waals surface area contributed by atoms with Crippen molar-refractivity contribution >= 4 is 5.97 Å². The molecular weight excluding hydrogens is 396 g/mol. The highest BCUT2D eigenvalue weighted by Crippen LogP contribution is 2.48. The lowest BCUT2D eigenvalue weighted by Crippen LogP contribution is -2.33. The Hall–Kier alpha value is -2.77. The van der Waals surface area contributed by atoms with E-state index in [2.05, 4.69) is 10.2 Å². The van der Waals surface area contributed by atoms with Crippen LogP contribution >= 0.6 is 0 Å². The molecule has 4 rings (SSSR count). The van der Waals surface area contributed by atoms with Gasteiger partial charge in [-0.1, -0.05) is 18.2 Å². The number of carbonyl (C=O) groups is 1. The van der Waals surface area contributed by atoms with Crippen LogP contribution in [0.15, 0.2) is 42.5 Å². The second-order valence-electron chi connectivity index (χ2n) is 7.81. The van der Waals surface area contributed by atoms with Gasteiger partial charge in [-0.3, -0.25) is 9.69 Å². The summed E-state index contributed by atoms with van der Waals surface area (Å²) in [5, 5.41) is 3.23. The second-order valence-corrected chi connectivity index (χ2v) is 7.81. The van der Waals surface area contributed by atoms with Crippen molar-refractivity contribution in [3.63, 3.8) is 0 Å². The molecule has 1 fully saturated rings. The Morgan fingerprint density at radius 2 is 1.87 bits per heavy atom. The summed E-state index contributed by atoms with van der Waals surface area (Å²) in [5.74, 6) is 1.76. The molecule has 0 amide bonds. The van der Waals surface area contributed by atoms with Crippen LogP contribution in [-0.2, 0) is 9.53 Å². The van der Waals surface area contributed by atoms with Crippen molar-refractivity contribution in [3.05, 3.63) is 53.6 Å². The zero-order chi connectivity index (χ0) is 21.8. The minimum absolute atomic E-state index is 0.0162. The number of nitrogens with one attached hydrogen (secondary N) is 1. The standard InChI is InChI=1S/C24H30N2O5/c1-4-29-24(27)22-19(17-7-10-20-21(13-17)31-15-30-20)14-26(12-11-25-2)23(22)16-5-8-18(28-3)9-6-16/h5-10,13,19,22-23,25H,4,11-12,14-15H2,1-3H3. The summed E-state index contributed by atoms with van der Waals surface area (Å²) in [6.45, 7) is 4.84. The van der Waals surface area contributed by atoms with Crippen LogP contribution in [0.4, 0.5) is 0 Å². The molecule has 0 aromatic heterocycles. The first-order chi connectivity index (χ1) is 15.2. The monoisotopic (exact) mass is 426 g/mol. The molecule has 0 radical (unpaired) electrons. The molecular formula is C24H30N2O5. The molecule has 0 aliphatic carbocycles. The maximum absolute atomic E-state index is 13.2. The minimum atomic E-state index is -0.328. The molecule has 1 saturated heterocycles. The van der Waals surface area contributed by atoms with Crippen LogP contribution in [-0.4, -0.2) is 58.1 Å². The number of likely N-dealkylation sites (tertiary alicyclic amines) is 1. The Morgan fingerprint density at radius 1 is 1.13 bits per heavy atom. The lowest BCUT2D eigenvalue weighted by molar-refractivity contribution is -0.149. The normalized spacial score (nSPS) is 22.5. The van der Waals surface area contributed by atoms with Gasteiger partial charge < -0.3 is 24.3 Å². The SMILES string of the molecule is CCOC(=O)C1C(c2ccc3c(c2)OCO3)CN(CCNC)C1c1ccc(OC)cc1. The van der Waals surface area contributed by atoms with E-state index in [9.17, 15) is 4.79 Å². The lowest BCUT2D eigenvalue weighted by Gasteiger charge is -2.28. The number of nitrogens with zero attached hydrogens (tertiary/aromatic N) is 1. The number of ether oxygens (including phenoxy) is 4. The quantitative estimate of drug-likeness (QED) is 0.651. The molecule has 0 saturated carbocycles. The molecule has 2 aliphatic rings. The van der Waals surface area contributed by atoms with Gasteiger partial charge in [0.05, 0.1) is 19.6 Å². The fourth-order valence-electron chi connectivity index (χ4n) is 4.62. The van der Waals surface area contributed by atoms with Gasteiger partial charge in [0.25, 0.3) is 0 Å². The first-order valence-corrected chi connectivity index (χ1v) is 10.7. The van der Waals surface area contributed by atoms with Crippen molar-refractivity contribution in [1.82, 2.24) is 10.2 Å². The van der Waals surface area contributed by atoms with E-state index >= 15 is 0 Å². The third-order valence-electron chi connectivity index (χ3n) is 6.09. The first-order valence-electron chi connectivity index (χ1n) is 10.7. The molecule has 7 heteroatoms. The summed E-state index contributed by atoms with van der Waals surface area (Å²) >= 11 is 0. The highest BCUT2D eigenvalue weighted by atomic mass is 16.7. The fraction of sp³-hybridized carbons (Fsp3) is 0.458. The smallest absolute Gasteiger partial charge is 0.311 e. The summed E-state index contributed by atoms with van der Waals surface area (Å²) in [6.07, 6.45) is 0. The Labute approximate surface area is 183 Å². The van der Waals surface area contributed by atoms with Gasteiger partial charge >= 0.3 is 5.97 Å². The number of hydrogen-bond donors (Lipinski definition) is 1. The summed E-state index contributed by atoms with van der Waals surface area (Å²) in [4.78, 5) is 15.6. The molecule has 3 atom stereocenters. The van der Waals surface area contributed by atoms with Crippen LogP contribution < -0.4 is 19.5 Å². The van der Waals surface area contributed by atoms with Crippen LogP contribution in [0.2, 0.25) is 0 Å². The Bertz CT molecular complexity index is 901. The van der Waals surface area contributed by atoms with Gasteiger partial charge in [0, 0.05) is 31.6 Å². The van der Waals surface area contributed by atoms with Crippen molar-refractivity contribution in [1.29, 1.82) is 0 Å². The maximum atomic E-state index is 13.2. The zero-order valence-electron chi connectivity index (χ0n) is 18.3. The number of benzene rings is 2. The molecule has 0 spiro atoms. The zero-order valence-corrected chi connectivity index (χ0v) is 18.3. The first kappa shape index (κ1) is 21.5. The fourth-order valence-corrected chi connectivity index (χ4v) is 4.62. The highest BCUT2D eigenvalue weighted by Gasteiger charge is 2.48. The van der Waals surface area contributed by atoms with Crippen LogP contribution in [0, 0.1) is 5.92 Å². The van der Waals surface area contributed by atoms with Gasteiger partial charge in [0.15, 0.2) is 11.5 Å². The predicted molar refractivity (Wildman–Crippen MR) is 117 cm³/mol. The van der Waals surface area contributed by atoms with Gasteiger partial charge in [-0.2, -0.15) is 0 Å². The molecule has 2 aromatic carbocycles. The van der Waals surface area contributed by atoms with E-state index in [0.29, 0.717) is 6.61 Å². The number of methoxy groups -OCH3 is 1. The lowest BCUT2D eigenvalue weighted by atomic mass is 9.82. The van der Waals surface area contributed by atoms with Crippen molar-refractivity contribution in [3.8, 4) is 17.2 Å². The van der Waals surface area contributed by atoms with E-state index in [1.165, 1.54) is 0 Å². The molecule has 3 unspecified atom stereocenters. The number of hydrogen-bond acceptors (Lipinski definition) is 7.